The number of carbonyl (C=O) groups excluding carboxylic acids is 2. The van der Waals surface area contributed by atoms with Gasteiger partial charge in [0.15, 0.2) is 0 Å². The van der Waals surface area contributed by atoms with Crippen molar-refractivity contribution in [1.29, 1.82) is 0 Å². The number of hydrogen-bond donors (Lipinski definition) is 12. The van der Waals surface area contributed by atoms with Gasteiger partial charge in [-0.15, -0.1) is 0 Å². The molecule has 0 aliphatic rings. The van der Waals surface area contributed by atoms with E-state index in [9.17, 15) is 40.2 Å². The average molecular weight is 916 g/mol. The summed E-state index contributed by atoms with van der Waals surface area (Å²) in [5.74, 6) is -1.22. The molecule has 0 aromatic heterocycles. The van der Waals surface area contributed by atoms with Gasteiger partial charge in [-0.3, -0.25) is 15.0 Å². The molecule has 228 valence electrons. The summed E-state index contributed by atoms with van der Waals surface area (Å²) in [6.45, 7) is -2.82. The van der Waals surface area contributed by atoms with Crippen molar-refractivity contribution < 1.29 is 50.4 Å². The van der Waals surface area contributed by atoms with Crippen molar-refractivity contribution in [3.8, 4) is 0 Å². The third kappa shape index (κ3) is 9.67. The molecule has 0 bridgehead atoms. The zero-order valence-corrected chi connectivity index (χ0v) is 27.8. The summed E-state index contributed by atoms with van der Waals surface area (Å²) in [5.41, 5.74) is 7.07. The Kier molecular flexibility index (Phi) is 15.1. The van der Waals surface area contributed by atoms with Crippen LogP contribution in [0.4, 0.5) is 11.4 Å². The maximum Gasteiger partial charge on any atom is 0.253 e. The monoisotopic (exact) mass is 916 g/mol. The summed E-state index contributed by atoms with van der Waals surface area (Å²) in [7, 11) is 0. The van der Waals surface area contributed by atoms with Crippen LogP contribution < -0.4 is 21.5 Å². The van der Waals surface area contributed by atoms with Gasteiger partial charge in [-0.25, -0.2) is 0 Å². The number of halogens is 3. The van der Waals surface area contributed by atoms with Crippen molar-refractivity contribution in [2.24, 2.45) is 0 Å². The first kappa shape index (κ1) is 36.0. The molecule has 2 rings (SSSR count). The number of aliphatic hydroxyl groups excluding tert-OH is 8. The number of benzene rings is 2. The highest BCUT2D eigenvalue weighted by atomic mass is 127. The molecule has 17 heteroatoms. The van der Waals surface area contributed by atoms with Crippen molar-refractivity contribution in [3.05, 3.63) is 51.2 Å². The Hall–Kier alpha value is -1.15. The molecule has 2 amide bonds. The summed E-state index contributed by atoms with van der Waals surface area (Å²) < 4.78 is 1.22. The lowest BCUT2D eigenvalue weighted by Gasteiger charge is -2.23. The number of amides is 2. The fourth-order valence-corrected chi connectivity index (χ4v) is 8.05. The van der Waals surface area contributed by atoms with Crippen molar-refractivity contribution in [2.45, 2.75) is 24.4 Å². The van der Waals surface area contributed by atoms with Crippen molar-refractivity contribution in [1.82, 2.24) is 10.6 Å². The summed E-state index contributed by atoms with van der Waals surface area (Å²) in [4.78, 5) is 25.7. The van der Waals surface area contributed by atoms with E-state index in [-0.39, 0.29) is 41.0 Å². The molecule has 14 nitrogen and oxygen atoms in total. The second-order valence-corrected chi connectivity index (χ2v) is 11.9. The quantitative estimate of drug-likeness (QED) is 0.0774. The Morgan fingerprint density at radius 3 is 1.78 bits per heavy atom. The second-order valence-electron chi connectivity index (χ2n) is 8.69. The molecule has 4 atom stereocenters. The molecule has 2 aromatic carbocycles. The van der Waals surface area contributed by atoms with Crippen LogP contribution in [-0.2, 0) is 0 Å². The van der Waals surface area contributed by atoms with Crippen LogP contribution in [0, 0.1) is 10.7 Å². The number of aliphatic hydroxyl groups is 8. The molecular formula is C24H31I3N4O10. The Balaban J connectivity index is 2.51. The molecule has 41 heavy (non-hydrogen) atoms. The molecule has 0 saturated heterocycles. The van der Waals surface area contributed by atoms with Crippen molar-refractivity contribution in [3.63, 3.8) is 0 Å². The van der Waals surface area contributed by atoms with Gasteiger partial charge in [0, 0.05) is 31.4 Å². The minimum Gasteiger partial charge on any atom is -0.394 e. The zero-order chi connectivity index (χ0) is 30.9. The van der Waals surface area contributed by atoms with Gasteiger partial charge in [0.2, 0.25) is 0 Å². The van der Waals surface area contributed by atoms with Crippen LogP contribution in [0.15, 0.2) is 18.2 Å². The fraction of sp³-hybridized carbons (Fsp3) is 0.417. The fourth-order valence-electron chi connectivity index (χ4n) is 3.40. The molecular weight excluding hydrogens is 885 g/mol. The van der Waals surface area contributed by atoms with Gasteiger partial charge in [0.1, 0.15) is 12.2 Å². The van der Waals surface area contributed by atoms with E-state index in [2.05, 4.69) is 21.5 Å². The van der Waals surface area contributed by atoms with Gasteiger partial charge >= 0.3 is 0 Å². The molecule has 0 fully saturated rings. The predicted octanol–water partition coefficient (Wildman–Crippen LogP) is -0.843. The SMILES string of the molecule is O=C(NCC(O)CO)c1cc(NNc2c(I)c(C(=O)NCC(O)CO)c(I)c(C(O)CO)c2I)cc(C(O)CO)c1. The Morgan fingerprint density at radius 2 is 1.24 bits per heavy atom. The van der Waals surface area contributed by atoms with Gasteiger partial charge in [0.05, 0.1) is 59.1 Å². The summed E-state index contributed by atoms with van der Waals surface area (Å²) in [5, 5.41) is 82.1. The van der Waals surface area contributed by atoms with Crippen molar-refractivity contribution in [2.75, 3.05) is 50.4 Å². The van der Waals surface area contributed by atoms with Crippen molar-refractivity contribution >= 4 is 91.0 Å². The van der Waals surface area contributed by atoms with Gasteiger partial charge in [-0.05, 0) is 91.5 Å². The van der Waals surface area contributed by atoms with E-state index >= 15 is 0 Å². The number of anilines is 2. The maximum absolute atomic E-state index is 13.1. The standard InChI is InChI=1S/C24H31I3N4O10/c25-19-17(16(39)9-35)20(26)22(21(27)18(19)24(41)29-5-14(37)7-33)31-30-12-2-10(15(38)8-34)1-11(3-12)23(40)28-4-13(36)6-32/h1-3,13-16,30-39H,4-9H2,(H,28,40)(H,29,41). The number of rotatable bonds is 15. The summed E-state index contributed by atoms with van der Waals surface area (Å²) in [6.07, 6.45) is -5.01. The highest BCUT2D eigenvalue weighted by molar-refractivity contribution is 14.1. The molecule has 0 aliphatic carbocycles. The van der Waals surface area contributed by atoms with Crippen LogP contribution in [0.2, 0.25) is 0 Å². The predicted molar refractivity (Wildman–Crippen MR) is 173 cm³/mol. The van der Waals surface area contributed by atoms with Crippen LogP contribution >= 0.6 is 67.8 Å². The number of carbonyl (C=O) groups is 2. The van der Waals surface area contributed by atoms with Gasteiger partial charge in [-0.1, -0.05) is 0 Å². The first-order valence-electron chi connectivity index (χ1n) is 12.0. The van der Waals surface area contributed by atoms with E-state index in [0.717, 1.165) is 0 Å². The smallest absolute Gasteiger partial charge is 0.253 e. The van der Waals surface area contributed by atoms with E-state index in [4.69, 9.17) is 10.2 Å². The van der Waals surface area contributed by atoms with Crippen LogP contribution in [-0.4, -0.2) is 104 Å². The Labute approximate surface area is 275 Å². The first-order valence-corrected chi connectivity index (χ1v) is 15.2. The van der Waals surface area contributed by atoms with Gasteiger partial charge in [-0.2, -0.15) is 0 Å². The molecule has 4 unspecified atom stereocenters. The van der Waals surface area contributed by atoms with Crippen LogP contribution in [0.5, 0.6) is 0 Å². The highest BCUT2D eigenvalue weighted by Crippen LogP contribution is 2.38. The zero-order valence-electron chi connectivity index (χ0n) is 21.3. The molecule has 0 spiro atoms. The third-order valence-corrected chi connectivity index (χ3v) is 8.93. The maximum atomic E-state index is 13.1. The molecule has 0 heterocycles. The lowest BCUT2D eigenvalue weighted by Crippen LogP contribution is -2.35. The largest absolute Gasteiger partial charge is 0.394 e. The average Bonchev–Trinajstić information content (AvgIpc) is 2.97. The number of hydrazine groups is 1. The molecule has 12 N–H and O–H groups in total. The van der Waals surface area contributed by atoms with Crippen LogP contribution in [0.25, 0.3) is 0 Å². The third-order valence-electron chi connectivity index (χ3n) is 5.61. The molecule has 0 aliphatic heterocycles. The summed E-state index contributed by atoms with van der Waals surface area (Å²) in [6, 6.07) is 4.23. The van der Waals surface area contributed by atoms with Crippen LogP contribution in [0.1, 0.15) is 44.1 Å². The van der Waals surface area contributed by atoms with E-state index < -0.39 is 62.7 Å². The minimum absolute atomic E-state index is 0.0651. The number of nitrogens with one attached hydrogen (secondary N) is 4. The van der Waals surface area contributed by atoms with E-state index in [0.29, 0.717) is 16.4 Å². The number of hydrogen-bond acceptors (Lipinski definition) is 12. The first-order chi connectivity index (χ1) is 19.4. The normalized spacial score (nSPS) is 14.1. The van der Waals surface area contributed by atoms with E-state index in [1.807, 2.05) is 67.8 Å². The van der Waals surface area contributed by atoms with E-state index in [1.165, 1.54) is 18.2 Å². The lowest BCUT2D eigenvalue weighted by molar-refractivity contribution is 0.0796. The molecule has 0 radical (unpaired) electrons. The van der Waals surface area contributed by atoms with Gasteiger partial charge < -0.3 is 56.9 Å². The Bertz CT molecular complexity index is 1220. The minimum atomic E-state index is -1.34. The van der Waals surface area contributed by atoms with E-state index in [1.54, 1.807) is 0 Å². The molecule has 2 aromatic rings. The Morgan fingerprint density at radius 1 is 0.683 bits per heavy atom. The van der Waals surface area contributed by atoms with Gasteiger partial charge in [0.25, 0.3) is 11.8 Å². The second kappa shape index (κ2) is 17.2. The summed E-state index contributed by atoms with van der Waals surface area (Å²) >= 11 is 5.74. The highest BCUT2D eigenvalue weighted by Gasteiger charge is 2.28. The lowest BCUT2D eigenvalue weighted by atomic mass is 10.0. The molecule has 0 saturated carbocycles. The van der Waals surface area contributed by atoms with Crippen LogP contribution in [0.3, 0.4) is 0 Å². The topological polar surface area (TPSA) is 244 Å².